The molecule has 0 saturated heterocycles. The Morgan fingerprint density at radius 3 is 2.08 bits per heavy atom. The Morgan fingerprint density at radius 2 is 1.44 bits per heavy atom. The Balaban J connectivity index is 1.74. The van der Waals surface area contributed by atoms with Crippen molar-refractivity contribution in [1.29, 1.82) is 0 Å². The molecule has 198 valence electrons. The summed E-state index contributed by atoms with van der Waals surface area (Å²) in [4.78, 5) is 16.0. The second kappa shape index (κ2) is 11.0. The van der Waals surface area contributed by atoms with Gasteiger partial charge in [0.2, 0.25) is 5.75 Å². The topological polar surface area (TPSA) is 88.5 Å². The molecule has 39 heavy (non-hydrogen) atoms. The number of carbonyl (C=O) groups is 1. The van der Waals surface area contributed by atoms with Crippen molar-refractivity contribution in [3.8, 4) is 17.2 Å². The van der Waals surface area contributed by atoms with E-state index in [0.29, 0.717) is 28.4 Å². The molecule has 0 radical (unpaired) electrons. The number of ether oxygens (including phenoxy) is 3. The number of nitrogens with zero attached hydrogens (tertiary/aromatic N) is 1. The minimum Gasteiger partial charge on any atom is -0.493 e. The molecule has 4 aromatic rings. The molecule has 1 aliphatic heterocycles. The van der Waals surface area contributed by atoms with Crippen LogP contribution in [0.4, 0.5) is 5.69 Å². The molecule has 1 aliphatic rings. The maximum Gasteiger partial charge on any atom is 0.259 e. The number of aliphatic hydroxyl groups is 2. The molecule has 7 heteroatoms. The molecule has 0 bridgehead atoms. The summed E-state index contributed by atoms with van der Waals surface area (Å²) in [6.45, 7) is 0.261. The smallest absolute Gasteiger partial charge is 0.259 e. The van der Waals surface area contributed by atoms with Crippen LogP contribution in [0.5, 0.6) is 17.2 Å². The third-order valence-corrected chi connectivity index (χ3v) is 6.78. The molecule has 0 aliphatic carbocycles. The number of amides is 1. The summed E-state index contributed by atoms with van der Waals surface area (Å²) < 4.78 is 16.8. The van der Waals surface area contributed by atoms with Crippen LogP contribution in [0.1, 0.15) is 34.1 Å². The first kappa shape index (κ1) is 26.0. The predicted molar refractivity (Wildman–Crippen MR) is 150 cm³/mol. The van der Waals surface area contributed by atoms with Gasteiger partial charge in [-0.05, 0) is 41.0 Å². The first-order valence-electron chi connectivity index (χ1n) is 12.4. The highest BCUT2D eigenvalue weighted by Gasteiger charge is 2.35. The minimum absolute atomic E-state index is 0.168. The summed E-state index contributed by atoms with van der Waals surface area (Å²) in [6.07, 6.45) is -1.59. The molecule has 1 amide bonds. The summed E-state index contributed by atoms with van der Waals surface area (Å²) in [7, 11) is 4.67. The molecule has 7 nitrogen and oxygen atoms in total. The number of hydrogen-bond acceptors (Lipinski definition) is 6. The zero-order valence-electron chi connectivity index (χ0n) is 21.9. The van der Waals surface area contributed by atoms with E-state index in [4.69, 9.17) is 14.2 Å². The zero-order chi connectivity index (χ0) is 27.5. The largest absolute Gasteiger partial charge is 0.493 e. The van der Waals surface area contributed by atoms with Crippen LogP contribution in [-0.2, 0) is 11.3 Å². The quantitative estimate of drug-likeness (QED) is 0.244. The Labute approximate surface area is 227 Å². The minimum atomic E-state index is -1.59. The standard InChI is InChI=1S/C32H29NO6/c1-37-26-17-23(18-27(38-2)30(26)39-3)28(21-11-5-4-6-12-21)29-24-14-7-8-15-25(24)33(31(29)34)19-20-10-9-13-22(16-20)32(35)36/h4-18,32,35-36H,19H2,1-3H3. The van der Waals surface area contributed by atoms with Crippen LogP contribution in [-0.4, -0.2) is 37.4 Å². The van der Waals surface area contributed by atoms with Crippen molar-refractivity contribution in [1.82, 2.24) is 0 Å². The van der Waals surface area contributed by atoms with Crippen LogP contribution in [0.15, 0.2) is 91.0 Å². The number of benzene rings is 4. The van der Waals surface area contributed by atoms with Crippen LogP contribution in [0.25, 0.3) is 11.1 Å². The summed E-state index contributed by atoms with van der Waals surface area (Å²) in [6, 6.07) is 28.0. The molecular formula is C32H29NO6. The lowest BCUT2D eigenvalue weighted by Gasteiger charge is -2.19. The number of fused-ring (bicyclic) bond motifs is 1. The van der Waals surface area contributed by atoms with E-state index in [1.165, 1.54) is 0 Å². The third kappa shape index (κ3) is 4.85. The number of rotatable bonds is 8. The molecule has 0 fully saturated rings. The fourth-order valence-electron chi connectivity index (χ4n) is 5.00. The number of para-hydroxylation sites is 1. The van der Waals surface area contributed by atoms with Gasteiger partial charge >= 0.3 is 0 Å². The zero-order valence-corrected chi connectivity index (χ0v) is 21.9. The highest BCUT2D eigenvalue weighted by Crippen LogP contribution is 2.47. The van der Waals surface area contributed by atoms with E-state index >= 15 is 0 Å². The predicted octanol–water partition coefficient (Wildman–Crippen LogP) is 5.20. The summed E-state index contributed by atoms with van der Waals surface area (Å²) in [5, 5.41) is 19.3. The maximum absolute atomic E-state index is 14.3. The Morgan fingerprint density at radius 1 is 0.769 bits per heavy atom. The van der Waals surface area contributed by atoms with Crippen molar-refractivity contribution >= 4 is 22.7 Å². The van der Waals surface area contributed by atoms with Crippen LogP contribution < -0.4 is 19.1 Å². The number of anilines is 1. The summed E-state index contributed by atoms with van der Waals surface area (Å²) in [5.41, 5.74) is 5.59. The fraction of sp³-hybridized carbons (Fsp3) is 0.156. The van der Waals surface area contributed by atoms with Crippen molar-refractivity contribution in [2.75, 3.05) is 26.2 Å². The maximum atomic E-state index is 14.3. The lowest BCUT2D eigenvalue weighted by Crippen LogP contribution is -2.26. The van der Waals surface area contributed by atoms with Gasteiger partial charge in [-0.15, -0.1) is 0 Å². The second-order valence-electron chi connectivity index (χ2n) is 9.06. The van der Waals surface area contributed by atoms with Gasteiger partial charge in [-0.2, -0.15) is 0 Å². The number of carbonyl (C=O) groups excluding carboxylic acids is 1. The highest BCUT2D eigenvalue weighted by atomic mass is 16.5. The van der Waals surface area contributed by atoms with Gasteiger partial charge in [0, 0.05) is 16.7 Å². The molecule has 0 spiro atoms. The van der Waals surface area contributed by atoms with Gasteiger partial charge < -0.3 is 29.3 Å². The van der Waals surface area contributed by atoms with Crippen LogP contribution >= 0.6 is 0 Å². The first-order chi connectivity index (χ1) is 19.0. The number of methoxy groups -OCH3 is 3. The number of hydrogen-bond donors (Lipinski definition) is 2. The Bertz CT molecular complexity index is 1520. The van der Waals surface area contributed by atoms with Crippen LogP contribution in [0.3, 0.4) is 0 Å². The van der Waals surface area contributed by atoms with Crippen molar-refractivity contribution in [3.05, 3.63) is 119 Å². The van der Waals surface area contributed by atoms with Crippen molar-refractivity contribution < 1.29 is 29.2 Å². The average Bonchev–Trinajstić information content (AvgIpc) is 3.24. The second-order valence-corrected chi connectivity index (χ2v) is 9.06. The van der Waals surface area contributed by atoms with Crippen LogP contribution in [0, 0.1) is 0 Å². The molecule has 0 unspecified atom stereocenters. The van der Waals surface area contributed by atoms with Crippen molar-refractivity contribution in [2.45, 2.75) is 12.8 Å². The molecule has 1 heterocycles. The van der Waals surface area contributed by atoms with Gasteiger partial charge in [-0.3, -0.25) is 4.79 Å². The van der Waals surface area contributed by atoms with Crippen LogP contribution in [0.2, 0.25) is 0 Å². The fourth-order valence-corrected chi connectivity index (χ4v) is 5.00. The van der Waals surface area contributed by atoms with Gasteiger partial charge in [0.05, 0.1) is 39.1 Å². The molecular weight excluding hydrogens is 494 g/mol. The SMILES string of the molecule is COc1cc(C(=C2C(=O)N(Cc3cccc(C(O)O)c3)c3ccccc32)c2ccccc2)cc(OC)c1OC. The van der Waals surface area contributed by atoms with Gasteiger partial charge in [0.15, 0.2) is 17.8 Å². The Hall–Kier alpha value is -4.59. The molecule has 0 aromatic heterocycles. The van der Waals surface area contributed by atoms with E-state index in [1.807, 2.05) is 72.8 Å². The van der Waals surface area contributed by atoms with Gasteiger partial charge in [0.25, 0.3) is 5.91 Å². The normalized spacial score (nSPS) is 13.9. The lowest BCUT2D eigenvalue weighted by molar-refractivity contribution is -0.113. The molecule has 2 N–H and O–H groups in total. The molecule has 0 atom stereocenters. The Kier molecular flexibility index (Phi) is 7.36. The number of aliphatic hydroxyl groups excluding tert-OH is 1. The molecule has 4 aromatic carbocycles. The monoisotopic (exact) mass is 523 g/mol. The van der Waals surface area contributed by atoms with Crippen molar-refractivity contribution in [2.24, 2.45) is 0 Å². The van der Waals surface area contributed by atoms with Gasteiger partial charge in [-0.25, -0.2) is 0 Å². The summed E-state index contributed by atoms with van der Waals surface area (Å²) >= 11 is 0. The van der Waals surface area contributed by atoms with E-state index in [0.717, 1.165) is 33.5 Å². The molecule has 5 rings (SSSR count). The van der Waals surface area contributed by atoms with E-state index in [9.17, 15) is 15.0 Å². The van der Waals surface area contributed by atoms with Crippen molar-refractivity contribution in [3.63, 3.8) is 0 Å². The van der Waals surface area contributed by atoms with E-state index in [-0.39, 0.29) is 12.5 Å². The van der Waals surface area contributed by atoms with E-state index in [2.05, 4.69) is 0 Å². The van der Waals surface area contributed by atoms with E-state index in [1.54, 1.807) is 44.4 Å². The van der Waals surface area contributed by atoms with Gasteiger partial charge in [0.1, 0.15) is 0 Å². The molecule has 0 saturated carbocycles. The first-order valence-corrected chi connectivity index (χ1v) is 12.4. The highest BCUT2D eigenvalue weighted by molar-refractivity contribution is 6.38. The van der Waals surface area contributed by atoms with E-state index < -0.39 is 6.29 Å². The summed E-state index contributed by atoms with van der Waals surface area (Å²) in [5.74, 6) is 1.26. The van der Waals surface area contributed by atoms with Gasteiger partial charge in [-0.1, -0.05) is 66.7 Å². The third-order valence-electron chi connectivity index (χ3n) is 6.78. The lowest BCUT2D eigenvalue weighted by atomic mass is 9.89. The average molecular weight is 524 g/mol.